The van der Waals surface area contributed by atoms with Gasteiger partial charge in [-0.05, 0) is 35.7 Å². The number of hydrogen-bond donors (Lipinski definition) is 0. The lowest BCUT2D eigenvalue weighted by atomic mass is 9.99. The van der Waals surface area contributed by atoms with E-state index in [-0.39, 0.29) is 6.35 Å². The second-order valence-electron chi connectivity index (χ2n) is 7.34. The summed E-state index contributed by atoms with van der Waals surface area (Å²) in [7, 11) is 0. The van der Waals surface area contributed by atoms with E-state index in [2.05, 4.69) is 80.4 Å². The Balaban J connectivity index is 1.58. The fourth-order valence-electron chi connectivity index (χ4n) is 4.09. The first-order valence-corrected chi connectivity index (χ1v) is 10.5. The van der Waals surface area contributed by atoms with Gasteiger partial charge in [0.25, 0.3) is 0 Å². The Morgan fingerprint density at radius 1 is 0.774 bits per heavy atom. The molecule has 1 aliphatic rings. The number of rotatable bonds is 6. The minimum atomic E-state index is -0.325. The number of para-hydroxylation sites is 1. The minimum Gasteiger partial charge on any atom is -0.340 e. The van der Waals surface area contributed by atoms with Crippen molar-refractivity contribution in [3.05, 3.63) is 103 Å². The predicted octanol–water partition coefficient (Wildman–Crippen LogP) is 5.62. The monoisotopic (exact) mass is 408 g/mol. The van der Waals surface area contributed by atoms with Crippen LogP contribution in [0.5, 0.6) is 0 Å². The Kier molecular flexibility index (Phi) is 5.33. The molecule has 0 fully saturated rings. The van der Waals surface area contributed by atoms with Crippen molar-refractivity contribution in [3.63, 3.8) is 0 Å². The molecule has 0 saturated carbocycles. The van der Waals surface area contributed by atoms with E-state index >= 15 is 0 Å². The van der Waals surface area contributed by atoms with Gasteiger partial charge in [-0.15, -0.1) is 0 Å². The average molecular weight is 409 g/mol. The Labute approximate surface area is 182 Å². The van der Waals surface area contributed by atoms with Crippen LogP contribution in [0.1, 0.15) is 12.5 Å². The third-order valence-electron chi connectivity index (χ3n) is 5.44. The maximum absolute atomic E-state index is 6.25. The molecule has 0 bridgehead atoms. The second kappa shape index (κ2) is 8.58. The van der Waals surface area contributed by atoms with Gasteiger partial charge in [-0.3, -0.25) is 4.90 Å². The molecule has 5 heteroatoms. The van der Waals surface area contributed by atoms with Crippen LogP contribution in [0.15, 0.2) is 97.3 Å². The lowest BCUT2D eigenvalue weighted by Crippen LogP contribution is -2.43. The second-order valence-corrected chi connectivity index (χ2v) is 7.34. The summed E-state index contributed by atoms with van der Waals surface area (Å²) < 4.78 is 6.25. The summed E-state index contributed by atoms with van der Waals surface area (Å²) in [5, 5.41) is 0. The number of hydrogen-bond acceptors (Lipinski definition) is 5. The Morgan fingerprint density at radius 2 is 1.42 bits per heavy atom. The van der Waals surface area contributed by atoms with Crippen molar-refractivity contribution >= 4 is 17.3 Å². The van der Waals surface area contributed by atoms with Crippen LogP contribution in [-0.2, 0) is 11.3 Å². The number of anilines is 3. The highest BCUT2D eigenvalue weighted by Crippen LogP contribution is 2.42. The molecular formula is C26H24N4O. The average Bonchev–Trinajstić information content (AvgIpc) is 3.14. The summed E-state index contributed by atoms with van der Waals surface area (Å²) in [6.45, 7) is 3.26. The fraction of sp³-hybridized carbons (Fsp3) is 0.154. The zero-order valence-electron chi connectivity index (χ0n) is 17.4. The molecule has 0 spiro atoms. The van der Waals surface area contributed by atoms with Crippen LogP contribution < -0.4 is 9.80 Å². The Hall–Kier alpha value is -3.70. The van der Waals surface area contributed by atoms with Crippen molar-refractivity contribution in [2.45, 2.75) is 19.8 Å². The first kappa shape index (κ1) is 19.3. The highest BCUT2D eigenvalue weighted by molar-refractivity contribution is 5.78. The van der Waals surface area contributed by atoms with Crippen LogP contribution in [0.2, 0.25) is 0 Å². The van der Waals surface area contributed by atoms with E-state index in [9.17, 15) is 0 Å². The van der Waals surface area contributed by atoms with Crippen molar-refractivity contribution < 1.29 is 4.74 Å². The largest absolute Gasteiger partial charge is 0.340 e. The molecule has 154 valence electrons. The third-order valence-corrected chi connectivity index (χ3v) is 5.44. The van der Waals surface area contributed by atoms with Gasteiger partial charge in [-0.25, -0.2) is 9.97 Å². The van der Waals surface area contributed by atoms with E-state index in [0.717, 1.165) is 17.3 Å². The van der Waals surface area contributed by atoms with Crippen molar-refractivity contribution in [2.75, 3.05) is 16.4 Å². The quantitative estimate of drug-likeness (QED) is 0.414. The molecule has 0 N–H and O–H groups in total. The molecule has 0 aliphatic carbocycles. The van der Waals surface area contributed by atoms with Gasteiger partial charge in [-0.2, -0.15) is 0 Å². The number of ether oxygens (including phenoxy) is 1. The van der Waals surface area contributed by atoms with E-state index in [1.165, 1.54) is 16.7 Å². The summed E-state index contributed by atoms with van der Waals surface area (Å²) in [6.07, 6.45) is 3.15. The fourth-order valence-corrected chi connectivity index (χ4v) is 4.09. The number of fused-ring (bicyclic) bond motifs is 1. The topological polar surface area (TPSA) is 41.5 Å². The van der Waals surface area contributed by atoms with Crippen molar-refractivity contribution in [2.24, 2.45) is 0 Å². The summed E-state index contributed by atoms with van der Waals surface area (Å²) in [4.78, 5) is 13.7. The standard InChI is InChI=1S/C26H24N4O/c1-2-31-26-29(19-21-13-9-10-16-23(21)20-11-5-3-6-12-20)24-25(28-18-17-27-24)30(26)22-14-7-4-8-15-22/h3-18,26H,2,19H2,1H3. The number of nitrogens with zero attached hydrogens (tertiary/aromatic N) is 4. The molecule has 2 heterocycles. The SMILES string of the molecule is CCOC1N(Cc2ccccc2-c2ccccc2)c2nccnc2N1c1ccccc1. The zero-order chi connectivity index (χ0) is 21.0. The summed E-state index contributed by atoms with van der Waals surface area (Å²) in [5.74, 6) is 1.64. The van der Waals surface area contributed by atoms with Gasteiger partial charge in [0.2, 0.25) is 6.35 Å². The van der Waals surface area contributed by atoms with Crippen LogP contribution in [-0.4, -0.2) is 22.9 Å². The lowest BCUT2D eigenvalue weighted by Gasteiger charge is -2.32. The molecular weight excluding hydrogens is 384 g/mol. The van der Waals surface area contributed by atoms with Gasteiger partial charge in [0, 0.05) is 31.2 Å². The maximum Gasteiger partial charge on any atom is 0.217 e. The van der Waals surface area contributed by atoms with E-state index in [1.807, 2.05) is 31.2 Å². The summed E-state index contributed by atoms with van der Waals surface area (Å²) in [5.41, 5.74) is 4.65. The first-order valence-electron chi connectivity index (χ1n) is 10.5. The zero-order valence-corrected chi connectivity index (χ0v) is 17.4. The summed E-state index contributed by atoms with van der Waals surface area (Å²) >= 11 is 0. The molecule has 31 heavy (non-hydrogen) atoms. The van der Waals surface area contributed by atoms with Crippen LogP contribution in [0.25, 0.3) is 11.1 Å². The van der Waals surface area contributed by atoms with Crippen LogP contribution >= 0.6 is 0 Å². The minimum absolute atomic E-state index is 0.325. The Morgan fingerprint density at radius 3 is 2.16 bits per heavy atom. The van der Waals surface area contributed by atoms with Gasteiger partial charge in [0.05, 0.1) is 0 Å². The molecule has 1 atom stereocenters. The predicted molar refractivity (Wildman–Crippen MR) is 124 cm³/mol. The third kappa shape index (κ3) is 3.64. The molecule has 3 aromatic carbocycles. The van der Waals surface area contributed by atoms with Gasteiger partial charge in [-0.1, -0.05) is 72.8 Å². The molecule has 5 rings (SSSR count). The molecule has 0 saturated heterocycles. The number of aromatic nitrogens is 2. The van der Waals surface area contributed by atoms with Crippen LogP contribution in [0.3, 0.4) is 0 Å². The highest BCUT2D eigenvalue weighted by atomic mass is 16.5. The number of benzene rings is 3. The van der Waals surface area contributed by atoms with E-state index < -0.39 is 0 Å². The molecule has 1 aliphatic heterocycles. The molecule has 1 aromatic heterocycles. The molecule has 0 radical (unpaired) electrons. The van der Waals surface area contributed by atoms with E-state index in [0.29, 0.717) is 13.2 Å². The van der Waals surface area contributed by atoms with Crippen molar-refractivity contribution in [1.82, 2.24) is 9.97 Å². The van der Waals surface area contributed by atoms with Crippen LogP contribution in [0, 0.1) is 0 Å². The van der Waals surface area contributed by atoms with E-state index in [4.69, 9.17) is 4.74 Å². The summed E-state index contributed by atoms with van der Waals surface area (Å²) in [6, 6.07) is 29.2. The molecule has 4 aromatic rings. The smallest absolute Gasteiger partial charge is 0.217 e. The van der Waals surface area contributed by atoms with Crippen LogP contribution in [0.4, 0.5) is 17.3 Å². The lowest BCUT2D eigenvalue weighted by molar-refractivity contribution is 0.0684. The van der Waals surface area contributed by atoms with Crippen molar-refractivity contribution in [1.29, 1.82) is 0 Å². The maximum atomic E-state index is 6.25. The molecule has 0 amide bonds. The van der Waals surface area contributed by atoms with Gasteiger partial charge in [0.15, 0.2) is 11.6 Å². The molecule has 1 unspecified atom stereocenters. The van der Waals surface area contributed by atoms with Crippen molar-refractivity contribution in [3.8, 4) is 11.1 Å². The van der Waals surface area contributed by atoms with Gasteiger partial charge >= 0.3 is 0 Å². The molecule has 5 nitrogen and oxygen atoms in total. The highest BCUT2D eigenvalue weighted by Gasteiger charge is 2.40. The van der Waals surface area contributed by atoms with Gasteiger partial charge in [0.1, 0.15) is 0 Å². The van der Waals surface area contributed by atoms with Gasteiger partial charge < -0.3 is 9.64 Å². The Bertz CT molecular complexity index is 1150. The first-order chi connectivity index (χ1) is 15.4. The normalized spacial score (nSPS) is 15.2. The van der Waals surface area contributed by atoms with E-state index in [1.54, 1.807) is 12.4 Å².